The molecule has 2 heterocycles. The van der Waals surface area contributed by atoms with Gasteiger partial charge in [-0.2, -0.15) is 23.4 Å². The first-order valence-electron chi connectivity index (χ1n) is 9.13. The maximum atomic E-state index is 13.0. The van der Waals surface area contributed by atoms with Crippen LogP contribution in [0.2, 0.25) is 0 Å². The molecule has 1 aromatic carbocycles. The summed E-state index contributed by atoms with van der Waals surface area (Å²) in [5.41, 5.74) is 0.276. The van der Waals surface area contributed by atoms with Gasteiger partial charge >= 0.3 is 6.18 Å². The van der Waals surface area contributed by atoms with E-state index in [9.17, 15) is 22.8 Å². The summed E-state index contributed by atoms with van der Waals surface area (Å²) in [6, 6.07) is 7.99. The maximum absolute atomic E-state index is 13.0. The Morgan fingerprint density at radius 2 is 1.81 bits per heavy atom. The second-order valence-electron chi connectivity index (χ2n) is 6.52. The zero-order chi connectivity index (χ0) is 22.8. The summed E-state index contributed by atoms with van der Waals surface area (Å²) >= 11 is 2.87. The van der Waals surface area contributed by atoms with E-state index in [0.29, 0.717) is 23.6 Å². The number of rotatable bonds is 6. The van der Waals surface area contributed by atoms with Gasteiger partial charge in [-0.25, -0.2) is 0 Å². The number of anilines is 2. The van der Waals surface area contributed by atoms with Crippen LogP contribution in [0.3, 0.4) is 0 Å². The smallest absolute Gasteiger partial charge is 0.324 e. The summed E-state index contributed by atoms with van der Waals surface area (Å²) in [7, 11) is 0. The van der Waals surface area contributed by atoms with Crippen LogP contribution < -0.4 is 10.6 Å². The third-order valence-electron chi connectivity index (χ3n) is 4.35. The highest BCUT2D eigenvalue weighted by Crippen LogP contribution is 2.35. The monoisotopic (exact) mass is 498 g/mol. The van der Waals surface area contributed by atoms with Crippen LogP contribution in [0.4, 0.5) is 24.5 Å². The van der Waals surface area contributed by atoms with E-state index >= 15 is 0 Å². The van der Waals surface area contributed by atoms with Gasteiger partial charge in [-0.15, -0.1) is 0 Å². The van der Waals surface area contributed by atoms with Crippen molar-refractivity contribution in [3.05, 3.63) is 58.1 Å². The van der Waals surface area contributed by atoms with Gasteiger partial charge in [-0.1, -0.05) is 6.07 Å². The predicted molar refractivity (Wildman–Crippen MR) is 111 cm³/mol. The molecule has 0 radical (unpaired) electrons. The lowest BCUT2D eigenvalue weighted by molar-refractivity contribution is -0.142. The summed E-state index contributed by atoms with van der Waals surface area (Å²) in [5.74, 6) is -0.932. The average Bonchev–Trinajstić information content (AvgIpc) is 3.28. The van der Waals surface area contributed by atoms with Crippen LogP contribution in [0.1, 0.15) is 28.8 Å². The molecule has 0 unspecified atom stereocenters. The molecule has 2 N–H and O–H groups in total. The van der Waals surface area contributed by atoms with E-state index < -0.39 is 24.3 Å². The van der Waals surface area contributed by atoms with Gasteiger partial charge in [0, 0.05) is 24.1 Å². The lowest BCUT2D eigenvalue weighted by Gasteiger charge is -2.10. The van der Waals surface area contributed by atoms with Crippen molar-refractivity contribution < 1.29 is 22.8 Å². The molecule has 8 nitrogen and oxygen atoms in total. The van der Waals surface area contributed by atoms with Gasteiger partial charge in [-0.3, -0.25) is 19.0 Å². The third kappa shape index (κ3) is 5.13. The Balaban J connectivity index is 1.69. The summed E-state index contributed by atoms with van der Waals surface area (Å²) in [4.78, 5) is 24.8. The number of carbonyl (C=O) groups excluding carboxylic acids is 2. The molecule has 2 aromatic heterocycles. The quantitative estimate of drug-likeness (QED) is 0.535. The highest BCUT2D eigenvalue weighted by atomic mass is 79.9. The number of alkyl halides is 3. The van der Waals surface area contributed by atoms with Crippen molar-refractivity contribution in [2.75, 3.05) is 10.6 Å². The summed E-state index contributed by atoms with van der Waals surface area (Å²) < 4.78 is 41.2. The Hall–Kier alpha value is -3.15. The molecule has 0 spiro atoms. The van der Waals surface area contributed by atoms with E-state index in [-0.39, 0.29) is 16.1 Å². The first-order valence-corrected chi connectivity index (χ1v) is 9.92. The molecule has 0 saturated heterocycles. The predicted octanol–water partition coefficient (Wildman–Crippen LogP) is 4.08. The van der Waals surface area contributed by atoms with Crippen LogP contribution in [-0.4, -0.2) is 31.4 Å². The van der Waals surface area contributed by atoms with Gasteiger partial charge in [-0.05, 0) is 54.0 Å². The fourth-order valence-electron chi connectivity index (χ4n) is 2.84. The van der Waals surface area contributed by atoms with Crippen molar-refractivity contribution in [2.45, 2.75) is 33.1 Å². The second kappa shape index (κ2) is 8.92. The molecule has 0 saturated carbocycles. The van der Waals surface area contributed by atoms with Crippen LogP contribution in [0.15, 0.2) is 41.0 Å². The number of halogens is 4. The minimum Gasteiger partial charge on any atom is -0.324 e. The van der Waals surface area contributed by atoms with Gasteiger partial charge in [0.1, 0.15) is 12.2 Å². The van der Waals surface area contributed by atoms with Gasteiger partial charge < -0.3 is 10.6 Å². The van der Waals surface area contributed by atoms with E-state index in [1.165, 1.54) is 19.2 Å². The largest absolute Gasteiger partial charge is 0.436 e. The van der Waals surface area contributed by atoms with E-state index in [0.717, 1.165) is 4.68 Å². The number of hydrogen-bond donors (Lipinski definition) is 2. The van der Waals surface area contributed by atoms with Gasteiger partial charge in [0.25, 0.3) is 5.91 Å². The van der Waals surface area contributed by atoms with Crippen molar-refractivity contribution in [1.82, 2.24) is 19.6 Å². The minimum atomic E-state index is -4.63. The molecule has 0 aliphatic carbocycles. The zero-order valence-electron chi connectivity index (χ0n) is 16.5. The molecule has 0 aliphatic rings. The normalized spacial score (nSPS) is 11.4. The Labute approximate surface area is 183 Å². The molecule has 0 bridgehead atoms. The Morgan fingerprint density at radius 1 is 1.13 bits per heavy atom. The van der Waals surface area contributed by atoms with Gasteiger partial charge in [0.05, 0.1) is 10.2 Å². The fourth-order valence-corrected chi connectivity index (χ4v) is 3.35. The van der Waals surface area contributed by atoms with E-state index in [2.05, 4.69) is 36.8 Å². The van der Waals surface area contributed by atoms with Crippen molar-refractivity contribution in [1.29, 1.82) is 0 Å². The minimum absolute atomic E-state index is 0.177. The molecule has 164 valence electrons. The molecule has 0 aliphatic heterocycles. The van der Waals surface area contributed by atoms with Crippen molar-refractivity contribution >= 4 is 39.1 Å². The van der Waals surface area contributed by atoms with Crippen LogP contribution in [-0.2, 0) is 24.1 Å². The Bertz CT molecular complexity index is 1120. The van der Waals surface area contributed by atoms with Crippen LogP contribution >= 0.6 is 15.9 Å². The zero-order valence-corrected chi connectivity index (χ0v) is 18.1. The number of benzene rings is 1. The van der Waals surface area contributed by atoms with Crippen LogP contribution in [0.5, 0.6) is 0 Å². The van der Waals surface area contributed by atoms with Crippen LogP contribution in [0.25, 0.3) is 0 Å². The van der Waals surface area contributed by atoms with Crippen molar-refractivity contribution in [3.63, 3.8) is 0 Å². The standard InChI is InChI=1S/C19H18BrF3N6O2/c1-3-28-14(7-8-24-28)18(31)26-13-6-4-5-12(9-13)25-15(30)10-29-11(2)16(20)17(27-29)19(21,22)23/h4-9H,3,10H2,1-2H3,(H,25,30)(H,26,31). The molecule has 0 fully saturated rings. The van der Waals surface area contributed by atoms with E-state index in [4.69, 9.17) is 0 Å². The van der Waals surface area contributed by atoms with Crippen molar-refractivity contribution in [2.24, 2.45) is 0 Å². The number of aryl methyl sites for hydroxylation is 1. The third-order valence-corrected chi connectivity index (χ3v) is 5.30. The Morgan fingerprint density at radius 3 is 2.42 bits per heavy atom. The topological polar surface area (TPSA) is 93.8 Å². The first-order chi connectivity index (χ1) is 14.6. The maximum Gasteiger partial charge on any atom is 0.436 e. The molecule has 31 heavy (non-hydrogen) atoms. The molecule has 0 atom stereocenters. The summed E-state index contributed by atoms with van der Waals surface area (Å²) in [6.07, 6.45) is -3.11. The number of aromatic nitrogens is 4. The number of nitrogens with zero attached hydrogens (tertiary/aromatic N) is 4. The SMILES string of the molecule is CCn1nccc1C(=O)Nc1cccc(NC(=O)Cn2nc(C(F)(F)F)c(Br)c2C)c1. The molecule has 2 amide bonds. The van der Waals surface area contributed by atoms with E-state index in [1.807, 2.05) is 6.92 Å². The van der Waals surface area contributed by atoms with E-state index in [1.54, 1.807) is 28.9 Å². The molecule has 3 aromatic rings. The Kier molecular flexibility index (Phi) is 6.48. The highest BCUT2D eigenvalue weighted by molar-refractivity contribution is 9.10. The number of amides is 2. The van der Waals surface area contributed by atoms with Gasteiger partial charge in [0.2, 0.25) is 5.91 Å². The summed E-state index contributed by atoms with van der Waals surface area (Å²) in [5, 5.41) is 12.8. The summed E-state index contributed by atoms with van der Waals surface area (Å²) in [6.45, 7) is 3.41. The number of hydrogen-bond acceptors (Lipinski definition) is 4. The van der Waals surface area contributed by atoms with Gasteiger partial charge in [0.15, 0.2) is 5.69 Å². The lowest BCUT2D eigenvalue weighted by Crippen LogP contribution is -2.21. The molecular weight excluding hydrogens is 481 g/mol. The second-order valence-corrected chi connectivity index (χ2v) is 7.31. The molecule has 3 rings (SSSR count). The number of nitrogens with one attached hydrogen (secondary N) is 2. The average molecular weight is 499 g/mol. The first kappa shape index (κ1) is 22.5. The molecular formula is C19H18BrF3N6O2. The lowest BCUT2D eigenvalue weighted by atomic mass is 10.2. The van der Waals surface area contributed by atoms with Crippen molar-refractivity contribution in [3.8, 4) is 0 Å². The number of carbonyl (C=O) groups is 2. The van der Waals surface area contributed by atoms with Crippen LogP contribution in [0, 0.1) is 6.92 Å². The fraction of sp³-hybridized carbons (Fsp3) is 0.263. The highest BCUT2D eigenvalue weighted by Gasteiger charge is 2.38. The molecule has 12 heteroatoms.